The van der Waals surface area contributed by atoms with Crippen molar-refractivity contribution >= 4 is 29.1 Å². The van der Waals surface area contributed by atoms with Crippen LogP contribution >= 0.6 is 23.4 Å². The number of anilines is 1. The molecule has 2 rings (SSSR count). The summed E-state index contributed by atoms with van der Waals surface area (Å²) in [5, 5.41) is 0.520. The molecule has 0 atom stereocenters. The van der Waals surface area contributed by atoms with Crippen LogP contribution in [0.1, 0.15) is 0 Å². The van der Waals surface area contributed by atoms with Gasteiger partial charge in [0.15, 0.2) is 5.16 Å². The Morgan fingerprint density at radius 1 is 1.25 bits per heavy atom. The summed E-state index contributed by atoms with van der Waals surface area (Å²) < 4.78 is 13.2. The van der Waals surface area contributed by atoms with Gasteiger partial charge in [-0.1, -0.05) is 11.6 Å². The Kier molecular flexibility index (Phi) is 3.26. The van der Waals surface area contributed by atoms with Crippen LogP contribution in [0, 0.1) is 5.82 Å². The summed E-state index contributed by atoms with van der Waals surface area (Å²) in [5.74, 6) is -0.505. The molecule has 0 aliphatic carbocycles. The van der Waals surface area contributed by atoms with E-state index in [2.05, 4.69) is 9.97 Å². The molecule has 82 valence electrons. The van der Waals surface area contributed by atoms with Crippen LogP contribution in [0.2, 0.25) is 5.02 Å². The van der Waals surface area contributed by atoms with E-state index in [1.165, 1.54) is 23.9 Å². The van der Waals surface area contributed by atoms with E-state index in [0.717, 1.165) is 0 Å². The van der Waals surface area contributed by atoms with Gasteiger partial charge < -0.3 is 5.73 Å². The fourth-order valence-corrected chi connectivity index (χ4v) is 2.00. The molecule has 0 saturated heterocycles. The highest BCUT2D eigenvalue weighted by Gasteiger charge is 2.08. The maximum absolute atomic E-state index is 13.2. The Hall–Kier alpha value is -1.33. The van der Waals surface area contributed by atoms with Crippen molar-refractivity contribution < 1.29 is 4.39 Å². The number of rotatable bonds is 2. The lowest BCUT2D eigenvalue weighted by molar-refractivity contribution is 0.625. The number of benzene rings is 1. The summed E-state index contributed by atoms with van der Waals surface area (Å²) in [7, 11) is 0. The summed E-state index contributed by atoms with van der Waals surface area (Å²) in [6.45, 7) is 0. The third kappa shape index (κ3) is 2.43. The summed E-state index contributed by atoms with van der Waals surface area (Å²) in [6.07, 6.45) is 3.22. The number of nitrogens with zero attached hydrogens (tertiary/aromatic N) is 2. The first kappa shape index (κ1) is 11.2. The minimum Gasteiger partial charge on any atom is -0.398 e. The average molecular weight is 256 g/mol. The van der Waals surface area contributed by atoms with E-state index in [0.29, 0.717) is 15.7 Å². The first-order chi connectivity index (χ1) is 7.66. The molecule has 0 aliphatic heterocycles. The van der Waals surface area contributed by atoms with E-state index in [9.17, 15) is 4.39 Å². The minimum absolute atomic E-state index is 0.0100. The normalized spacial score (nSPS) is 10.4. The lowest BCUT2D eigenvalue weighted by Gasteiger charge is -2.05. The second kappa shape index (κ2) is 4.67. The molecule has 1 aromatic carbocycles. The van der Waals surface area contributed by atoms with E-state index in [1.54, 1.807) is 18.5 Å². The van der Waals surface area contributed by atoms with E-state index < -0.39 is 5.82 Å². The van der Waals surface area contributed by atoms with Crippen LogP contribution in [0.15, 0.2) is 40.6 Å². The summed E-state index contributed by atoms with van der Waals surface area (Å²) >= 11 is 6.78. The molecule has 0 amide bonds. The third-order valence-corrected chi connectivity index (χ3v) is 3.05. The van der Waals surface area contributed by atoms with Gasteiger partial charge in [-0.05, 0) is 30.0 Å². The van der Waals surface area contributed by atoms with Crippen molar-refractivity contribution in [3.05, 3.63) is 41.4 Å². The van der Waals surface area contributed by atoms with Gasteiger partial charge in [0.2, 0.25) is 0 Å². The second-order valence-corrected chi connectivity index (χ2v) is 4.35. The predicted molar refractivity (Wildman–Crippen MR) is 62.0 cm³/mol. The molecule has 2 N–H and O–H groups in total. The Morgan fingerprint density at radius 3 is 2.62 bits per heavy atom. The average Bonchev–Trinajstić information content (AvgIpc) is 2.27. The zero-order chi connectivity index (χ0) is 11.5. The number of nitrogens with two attached hydrogens (primary N) is 1. The molecular weight excluding hydrogens is 249 g/mol. The molecule has 6 heteroatoms. The molecule has 1 heterocycles. The van der Waals surface area contributed by atoms with Crippen molar-refractivity contribution in [2.45, 2.75) is 10.1 Å². The predicted octanol–water partition coefficient (Wildman–Crippen LogP) is 3.00. The number of hydrogen-bond acceptors (Lipinski definition) is 4. The minimum atomic E-state index is -0.505. The first-order valence-corrected chi connectivity index (χ1v) is 5.55. The van der Waals surface area contributed by atoms with E-state index in [1.807, 2.05) is 0 Å². The van der Waals surface area contributed by atoms with Crippen LogP contribution in [-0.2, 0) is 0 Å². The molecule has 0 radical (unpaired) electrons. The van der Waals surface area contributed by atoms with Crippen LogP contribution in [0.4, 0.5) is 10.1 Å². The zero-order valence-electron chi connectivity index (χ0n) is 8.02. The van der Waals surface area contributed by atoms with E-state index in [-0.39, 0.29) is 5.02 Å². The Morgan fingerprint density at radius 2 is 1.94 bits per heavy atom. The molecule has 0 saturated carbocycles. The van der Waals surface area contributed by atoms with Crippen molar-refractivity contribution in [1.82, 2.24) is 9.97 Å². The first-order valence-electron chi connectivity index (χ1n) is 4.36. The van der Waals surface area contributed by atoms with Gasteiger partial charge in [0.1, 0.15) is 5.82 Å². The molecule has 0 bridgehead atoms. The molecule has 0 aliphatic rings. The van der Waals surface area contributed by atoms with E-state index in [4.69, 9.17) is 17.3 Å². The van der Waals surface area contributed by atoms with Crippen LogP contribution < -0.4 is 5.73 Å². The van der Waals surface area contributed by atoms with Crippen molar-refractivity contribution in [3.63, 3.8) is 0 Å². The topological polar surface area (TPSA) is 51.8 Å². The monoisotopic (exact) mass is 255 g/mol. The van der Waals surface area contributed by atoms with Crippen LogP contribution in [0.5, 0.6) is 0 Å². The van der Waals surface area contributed by atoms with Crippen molar-refractivity contribution in [2.75, 3.05) is 5.73 Å². The lowest BCUT2D eigenvalue weighted by Crippen LogP contribution is -1.92. The number of nitrogen functional groups attached to an aromatic ring is 1. The van der Waals surface area contributed by atoms with Gasteiger partial charge in [-0.15, -0.1) is 0 Å². The fraction of sp³-hybridized carbons (Fsp3) is 0. The molecule has 0 fully saturated rings. The Bertz CT molecular complexity index is 507. The second-order valence-electron chi connectivity index (χ2n) is 2.94. The Balaban J connectivity index is 2.32. The molecule has 1 aromatic heterocycles. The number of halogens is 2. The zero-order valence-corrected chi connectivity index (χ0v) is 9.60. The van der Waals surface area contributed by atoms with Gasteiger partial charge >= 0.3 is 0 Å². The summed E-state index contributed by atoms with van der Waals surface area (Å²) in [4.78, 5) is 8.57. The summed E-state index contributed by atoms with van der Waals surface area (Å²) in [6, 6.07) is 4.36. The molecular formula is C10H7ClFN3S. The fourth-order valence-electron chi connectivity index (χ4n) is 1.07. The summed E-state index contributed by atoms with van der Waals surface area (Å²) in [5.41, 5.74) is 6.12. The van der Waals surface area contributed by atoms with Crippen LogP contribution in [-0.4, -0.2) is 9.97 Å². The maximum Gasteiger partial charge on any atom is 0.192 e. The highest BCUT2D eigenvalue weighted by Crippen LogP contribution is 2.32. The molecule has 16 heavy (non-hydrogen) atoms. The van der Waals surface area contributed by atoms with Gasteiger partial charge in [0.25, 0.3) is 0 Å². The molecule has 0 spiro atoms. The Labute approximate surface area is 101 Å². The largest absolute Gasteiger partial charge is 0.398 e. The smallest absolute Gasteiger partial charge is 0.192 e. The van der Waals surface area contributed by atoms with Crippen molar-refractivity contribution in [2.24, 2.45) is 0 Å². The van der Waals surface area contributed by atoms with Gasteiger partial charge in [-0.3, -0.25) is 0 Å². The molecule has 0 unspecified atom stereocenters. The SMILES string of the molecule is Nc1cc(Cl)c(F)cc1Sc1ncccn1. The quantitative estimate of drug-likeness (QED) is 0.662. The maximum atomic E-state index is 13.2. The van der Waals surface area contributed by atoms with Gasteiger partial charge in [-0.25, -0.2) is 14.4 Å². The van der Waals surface area contributed by atoms with E-state index >= 15 is 0 Å². The van der Waals surface area contributed by atoms with Gasteiger partial charge in [0.05, 0.1) is 5.02 Å². The standard InChI is InChI=1S/C10H7ClFN3S/c11-6-4-8(13)9(5-7(6)12)16-10-14-2-1-3-15-10/h1-5H,13H2. The number of aromatic nitrogens is 2. The number of hydrogen-bond donors (Lipinski definition) is 1. The van der Waals surface area contributed by atoms with Gasteiger partial charge in [-0.2, -0.15) is 0 Å². The van der Waals surface area contributed by atoms with Crippen LogP contribution in [0.25, 0.3) is 0 Å². The molecule has 3 nitrogen and oxygen atoms in total. The highest BCUT2D eigenvalue weighted by molar-refractivity contribution is 7.99. The van der Waals surface area contributed by atoms with Crippen molar-refractivity contribution in [3.8, 4) is 0 Å². The lowest BCUT2D eigenvalue weighted by atomic mass is 10.3. The highest BCUT2D eigenvalue weighted by atomic mass is 35.5. The molecule has 2 aromatic rings. The van der Waals surface area contributed by atoms with Crippen molar-refractivity contribution in [1.29, 1.82) is 0 Å². The van der Waals surface area contributed by atoms with Crippen LogP contribution in [0.3, 0.4) is 0 Å². The van der Waals surface area contributed by atoms with Gasteiger partial charge in [0, 0.05) is 23.0 Å². The third-order valence-electron chi connectivity index (χ3n) is 1.80.